The zero-order valence-corrected chi connectivity index (χ0v) is 10.6. The van der Waals surface area contributed by atoms with E-state index >= 15 is 0 Å². The Morgan fingerprint density at radius 3 is 2.89 bits per heavy atom. The average Bonchev–Trinajstić information content (AvgIpc) is 2.82. The van der Waals surface area contributed by atoms with Crippen LogP contribution in [-0.2, 0) is 4.79 Å². The summed E-state index contributed by atoms with van der Waals surface area (Å²) in [6.07, 6.45) is 5.98. The first-order valence-corrected chi connectivity index (χ1v) is 6.31. The van der Waals surface area contributed by atoms with Gasteiger partial charge < -0.3 is 5.11 Å². The molecule has 1 aromatic carbocycles. The van der Waals surface area contributed by atoms with Crippen LogP contribution < -0.4 is 0 Å². The van der Waals surface area contributed by atoms with Crippen LogP contribution in [0.15, 0.2) is 35.7 Å². The van der Waals surface area contributed by atoms with Crippen LogP contribution in [-0.4, -0.2) is 16.1 Å². The first kappa shape index (κ1) is 13.2. The van der Waals surface area contributed by atoms with E-state index in [1.165, 1.54) is 29.5 Å². The van der Waals surface area contributed by atoms with Gasteiger partial charge in [-0.3, -0.25) is 0 Å². The summed E-state index contributed by atoms with van der Waals surface area (Å²) in [6.45, 7) is 0. The molecule has 0 atom stereocenters. The van der Waals surface area contributed by atoms with Crippen molar-refractivity contribution in [1.82, 2.24) is 4.98 Å². The molecule has 1 heterocycles. The molecule has 0 radical (unpaired) electrons. The molecule has 19 heavy (non-hydrogen) atoms. The molecule has 0 aliphatic carbocycles. The number of nitrogens with zero attached hydrogens (tertiary/aromatic N) is 1. The molecule has 0 unspecified atom stereocenters. The number of hydrogen-bond donors (Lipinski definition) is 1. The lowest BCUT2D eigenvalue weighted by atomic mass is 10.2. The number of hydrogen-bond acceptors (Lipinski definition) is 3. The Hall–Kier alpha value is -2.27. The lowest BCUT2D eigenvalue weighted by Crippen LogP contribution is -1.85. The molecule has 2 aromatic rings. The van der Waals surface area contributed by atoms with E-state index in [9.17, 15) is 9.18 Å². The van der Waals surface area contributed by atoms with E-state index in [1.54, 1.807) is 29.7 Å². The Morgan fingerprint density at radius 1 is 1.32 bits per heavy atom. The highest BCUT2D eigenvalue weighted by Gasteiger charge is 1.97. The van der Waals surface area contributed by atoms with E-state index in [0.29, 0.717) is 5.69 Å². The number of aliphatic carboxylic acids is 1. The SMILES string of the molecule is O=C(O)/C=C/c1csc(/C=C/c2cccc(F)c2)n1. The summed E-state index contributed by atoms with van der Waals surface area (Å²) in [5, 5.41) is 11.0. The van der Waals surface area contributed by atoms with Gasteiger partial charge >= 0.3 is 5.97 Å². The molecule has 96 valence electrons. The summed E-state index contributed by atoms with van der Waals surface area (Å²) >= 11 is 1.39. The molecule has 0 saturated carbocycles. The molecule has 0 aliphatic rings. The Kier molecular flexibility index (Phi) is 4.20. The van der Waals surface area contributed by atoms with Gasteiger partial charge in [-0.15, -0.1) is 11.3 Å². The quantitative estimate of drug-likeness (QED) is 0.868. The molecule has 0 saturated heterocycles. The van der Waals surface area contributed by atoms with E-state index in [0.717, 1.165) is 16.6 Å². The number of benzene rings is 1. The Labute approximate surface area is 113 Å². The number of rotatable bonds is 4. The van der Waals surface area contributed by atoms with Crippen LogP contribution in [0.5, 0.6) is 0 Å². The third-order valence-electron chi connectivity index (χ3n) is 2.20. The van der Waals surface area contributed by atoms with Gasteiger partial charge in [0.25, 0.3) is 0 Å². The lowest BCUT2D eigenvalue weighted by Gasteiger charge is -1.92. The van der Waals surface area contributed by atoms with Crippen LogP contribution in [0.3, 0.4) is 0 Å². The third kappa shape index (κ3) is 4.15. The molecule has 1 N–H and O–H groups in total. The van der Waals surface area contributed by atoms with Gasteiger partial charge in [-0.05, 0) is 29.8 Å². The van der Waals surface area contributed by atoms with Crippen LogP contribution in [0.2, 0.25) is 0 Å². The minimum absolute atomic E-state index is 0.286. The number of aromatic nitrogens is 1. The fraction of sp³-hybridized carbons (Fsp3) is 0. The molecule has 2 rings (SSSR count). The average molecular weight is 275 g/mol. The molecule has 0 amide bonds. The summed E-state index contributed by atoms with van der Waals surface area (Å²) in [6, 6.07) is 6.24. The topological polar surface area (TPSA) is 50.2 Å². The molecular formula is C14H10FNO2S. The molecule has 1 aromatic heterocycles. The molecule has 3 nitrogen and oxygen atoms in total. The maximum atomic E-state index is 13.0. The highest BCUT2D eigenvalue weighted by atomic mass is 32.1. The number of carboxylic acid groups (broad SMARTS) is 1. The summed E-state index contributed by atoms with van der Waals surface area (Å²) in [5.74, 6) is -1.30. The first-order chi connectivity index (χ1) is 9.13. The van der Waals surface area contributed by atoms with Crippen molar-refractivity contribution in [3.8, 4) is 0 Å². The van der Waals surface area contributed by atoms with Gasteiger partial charge in [0.15, 0.2) is 0 Å². The van der Waals surface area contributed by atoms with E-state index in [1.807, 2.05) is 0 Å². The first-order valence-electron chi connectivity index (χ1n) is 5.44. The Bertz CT molecular complexity index is 646. The van der Waals surface area contributed by atoms with Gasteiger partial charge in [0.05, 0.1) is 5.69 Å². The smallest absolute Gasteiger partial charge is 0.328 e. The van der Waals surface area contributed by atoms with Gasteiger partial charge in [-0.25, -0.2) is 14.2 Å². The lowest BCUT2D eigenvalue weighted by molar-refractivity contribution is -0.131. The van der Waals surface area contributed by atoms with Crippen molar-refractivity contribution in [2.45, 2.75) is 0 Å². The maximum absolute atomic E-state index is 13.0. The summed E-state index contributed by atoms with van der Waals surface area (Å²) in [7, 11) is 0. The van der Waals surface area contributed by atoms with Gasteiger partial charge in [-0.1, -0.05) is 18.2 Å². The third-order valence-corrected chi connectivity index (χ3v) is 3.03. The van der Waals surface area contributed by atoms with Gasteiger partial charge in [0.1, 0.15) is 10.8 Å². The molecule has 0 bridgehead atoms. The normalized spacial score (nSPS) is 11.4. The summed E-state index contributed by atoms with van der Waals surface area (Å²) < 4.78 is 13.0. The number of carboxylic acids is 1. The Morgan fingerprint density at radius 2 is 2.16 bits per heavy atom. The second-order valence-corrected chi connectivity index (χ2v) is 4.56. The zero-order valence-electron chi connectivity index (χ0n) is 9.79. The predicted molar refractivity (Wildman–Crippen MR) is 74.1 cm³/mol. The molecule has 0 aliphatic heterocycles. The second-order valence-electron chi connectivity index (χ2n) is 3.67. The van der Waals surface area contributed by atoms with Crippen molar-refractivity contribution in [1.29, 1.82) is 0 Å². The minimum Gasteiger partial charge on any atom is -0.478 e. The summed E-state index contributed by atoms with van der Waals surface area (Å²) in [5.41, 5.74) is 1.34. The molecule has 0 fully saturated rings. The number of carbonyl (C=O) groups is 1. The van der Waals surface area contributed by atoms with Gasteiger partial charge in [0.2, 0.25) is 0 Å². The van der Waals surface area contributed by atoms with E-state index in [4.69, 9.17) is 5.11 Å². The van der Waals surface area contributed by atoms with Crippen molar-refractivity contribution < 1.29 is 14.3 Å². The number of thiazole rings is 1. The van der Waals surface area contributed by atoms with Crippen molar-refractivity contribution in [2.24, 2.45) is 0 Å². The van der Waals surface area contributed by atoms with Crippen molar-refractivity contribution in [3.63, 3.8) is 0 Å². The van der Waals surface area contributed by atoms with E-state index in [2.05, 4.69) is 4.98 Å². The highest BCUT2D eigenvalue weighted by molar-refractivity contribution is 7.10. The van der Waals surface area contributed by atoms with Crippen molar-refractivity contribution in [2.75, 3.05) is 0 Å². The van der Waals surface area contributed by atoms with Crippen LogP contribution in [0, 0.1) is 5.82 Å². The fourth-order valence-corrected chi connectivity index (χ4v) is 2.07. The van der Waals surface area contributed by atoms with Crippen molar-refractivity contribution in [3.05, 3.63) is 57.8 Å². The second kappa shape index (κ2) is 6.06. The number of halogens is 1. The maximum Gasteiger partial charge on any atom is 0.328 e. The van der Waals surface area contributed by atoms with E-state index < -0.39 is 5.97 Å². The molecule has 0 spiro atoms. The van der Waals surface area contributed by atoms with E-state index in [-0.39, 0.29) is 5.82 Å². The van der Waals surface area contributed by atoms with Gasteiger partial charge in [-0.2, -0.15) is 0 Å². The Balaban J connectivity index is 2.09. The largest absolute Gasteiger partial charge is 0.478 e. The predicted octanol–water partition coefficient (Wildman–Crippen LogP) is 3.55. The van der Waals surface area contributed by atoms with Crippen molar-refractivity contribution >= 4 is 35.5 Å². The highest BCUT2D eigenvalue weighted by Crippen LogP contribution is 2.15. The van der Waals surface area contributed by atoms with Crippen LogP contribution in [0.4, 0.5) is 4.39 Å². The van der Waals surface area contributed by atoms with Gasteiger partial charge in [0, 0.05) is 11.5 Å². The van der Waals surface area contributed by atoms with Crippen LogP contribution >= 0.6 is 11.3 Å². The monoisotopic (exact) mass is 275 g/mol. The molecule has 5 heteroatoms. The summed E-state index contributed by atoms with van der Waals surface area (Å²) in [4.78, 5) is 14.6. The fourth-order valence-electron chi connectivity index (χ4n) is 1.39. The zero-order chi connectivity index (χ0) is 13.7. The van der Waals surface area contributed by atoms with Crippen LogP contribution in [0.25, 0.3) is 18.2 Å². The molecular weight excluding hydrogens is 265 g/mol. The standard InChI is InChI=1S/C14H10FNO2S/c15-11-3-1-2-10(8-11)4-6-13-16-12(9-19-13)5-7-14(17)18/h1-9H,(H,17,18)/b6-4+,7-5+. The van der Waals surface area contributed by atoms with Crippen LogP contribution in [0.1, 0.15) is 16.3 Å². The minimum atomic E-state index is -1.01.